The second-order valence-corrected chi connectivity index (χ2v) is 5.08. The van der Waals surface area contributed by atoms with Gasteiger partial charge in [0.25, 0.3) is 0 Å². The molecule has 0 N–H and O–H groups in total. The minimum Gasteiger partial charge on any atom is -0.454 e. The molecule has 21 heavy (non-hydrogen) atoms. The van der Waals surface area contributed by atoms with Gasteiger partial charge in [-0.1, -0.05) is 34.1 Å². The van der Waals surface area contributed by atoms with Gasteiger partial charge in [-0.25, -0.2) is 0 Å². The number of ether oxygens (including phenoxy) is 3. The molecule has 110 valence electrons. The fourth-order valence-corrected chi connectivity index (χ4v) is 2.56. The molecule has 0 aliphatic carbocycles. The number of alkyl halides is 3. The van der Waals surface area contributed by atoms with Gasteiger partial charge in [0, 0.05) is 15.6 Å². The van der Waals surface area contributed by atoms with Gasteiger partial charge in [-0.05, 0) is 18.2 Å². The van der Waals surface area contributed by atoms with Gasteiger partial charge in [0.05, 0.1) is 0 Å². The van der Waals surface area contributed by atoms with E-state index in [-0.39, 0.29) is 12.5 Å². The molecule has 0 amide bonds. The molecule has 0 fully saturated rings. The number of hydrogen-bond donors (Lipinski definition) is 0. The number of halogens is 4. The largest absolute Gasteiger partial charge is 0.573 e. The van der Waals surface area contributed by atoms with E-state index in [0.717, 1.165) is 0 Å². The molecule has 1 aliphatic heterocycles. The van der Waals surface area contributed by atoms with Crippen LogP contribution >= 0.6 is 15.9 Å². The fourth-order valence-electron chi connectivity index (χ4n) is 2.03. The molecule has 2 aromatic rings. The van der Waals surface area contributed by atoms with Gasteiger partial charge in [0.15, 0.2) is 11.5 Å². The third-order valence-corrected chi connectivity index (χ3v) is 3.52. The van der Waals surface area contributed by atoms with Crippen molar-refractivity contribution in [2.45, 2.75) is 6.36 Å². The van der Waals surface area contributed by atoms with Crippen LogP contribution in [-0.2, 0) is 0 Å². The Morgan fingerprint density at radius 2 is 1.67 bits per heavy atom. The first-order valence-electron chi connectivity index (χ1n) is 5.88. The van der Waals surface area contributed by atoms with E-state index < -0.39 is 6.36 Å². The molecule has 0 atom stereocenters. The van der Waals surface area contributed by atoms with Crippen LogP contribution in [-0.4, -0.2) is 13.2 Å². The van der Waals surface area contributed by atoms with Crippen molar-refractivity contribution < 1.29 is 27.4 Å². The van der Waals surface area contributed by atoms with Gasteiger partial charge < -0.3 is 14.2 Å². The third kappa shape index (κ3) is 2.92. The quantitative estimate of drug-likeness (QED) is 0.773. The Morgan fingerprint density at radius 1 is 1.00 bits per heavy atom. The van der Waals surface area contributed by atoms with Crippen molar-refractivity contribution in [3.8, 4) is 28.4 Å². The first-order valence-corrected chi connectivity index (χ1v) is 6.67. The Kier molecular flexibility index (Phi) is 3.44. The molecule has 0 saturated carbocycles. The van der Waals surface area contributed by atoms with Crippen molar-refractivity contribution in [2.75, 3.05) is 6.79 Å². The molecule has 0 spiro atoms. The molecule has 1 aliphatic rings. The van der Waals surface area contributed by atoms with E-state index in [1.165, 1.54) is 12.1 Å². The lowest BCUT2D eigenvalue weighted by Gasteiger charge is -2.14. The summed E-state index contributed by atoms with van der Waals surface area (Å²) >= 11 is 3.33. The number of hydrogen-bond acceptors (Lipinski definition) is 3. The molecule has 3 rings (SSSR count). The summed E-state index contributed by atoms with van der Waals surface area (Å²) in [6.45, 7) is 0.0892. The summed E-state index contributed by atoms with van der Waals surface area (Å²) in [5.41, 5.74) is 0.833. The molecule has 0 aromatic heterocycles. The minimum atomic E-state index is -4.75. The van der Waals surface area contributed by atoms with Gasteiger partial charge in [-0.15, -0.1) is 13.2 Å². The maximum Gasteiger partial charge on any atom is 0.573 e. The molecule has 1 heterocycles. The van der Waals surface area contributed by atoms with Crippen LogP contribution in [0.4, 0.5) is 13.2 Å². The first kappa shape index (κ1) is 14.1. The third-order valence-electron chi connectivity index (χ3n) is 2.87. The van der Waals surface area contributed by atoms with Gasteiger partial charge >= 0.3 is 6.36 Å². The van der Waals surface area contributed by atoms with Crippen LogP contribution in [0.2, 0.25) is 0 Å². The predicted octanol–water partition coefficient (Wildman–Crippen LogP) is 4.74. The normalized spacial score (nSPS) is 13.3. The molecule has 0 bridgehead atoms. The van der Waals surface area contributed by atoms with E-state index >= 15 is 0 Å². The van der Waals surface area contributed by atoms with Crippen molar-refractivity contribution in [3.63, 3.8) is 0 Å². The van der Waals surface area contributed by atoms with Crippen molar-refractivity contribution >= 4 is 15.9 Å². The summed E-state index contributed by atoms with van der Waals surface area (Å²) in [6.07, 6.45) is -4.75. The van der Waals surface area contributed by atoms with Gasteiger partial charge in [0.2, 0.25) is 6.79 Å². The fraction of sp³-hybridized carbons (Fsp3) is 0.143. The van der Waals surface area contributed by atoms with Crippen LogP contribution in [0.3, 0.4) is 0 Å². The highest BCUT2D eigenvalue weighted by molar-refractivity contribution is 9.10. The molecule has 7 heteroatoms. The summed E-state index contributed by atoms with van der Waals surface area (Å²) in [7, 11) is 0. The minimum absolute atomic E-state index is 0.0892. The monoisotopic (exact) mass is 360 g/mol. The topological polar surface area (TPSA) is 27.7 Å². The molecule has 3 nitrogen and oxygen atoms in total. The number of para-hydroxylation sites is 1. The standard InChI is InChI=1S/C14H8BrF3O3/c15-10-6-13-12(19-7-20-13)5-9(10)8-3-1-2-4-11(8)21-14(16,17)18/h1-6H,7H2. The molecule has 0 radical (unpaired) electrons. The SMILES string of the molecule is FC(F)(F)Oc1ccccc1-c1cc2c(cc1Br)OCO2. The zero-order valence-electron chi connectivity index (χ0n) is 10.4. The molecule has 0 saturated heterocycles. The highest BCUT2D eigenvalue weighted by Crippen LogP contribution is 2.44. The van der Waals surface area contributed by atoms with E-state index in [1.807, 2.05) is 0 Å². The molecule has 2 aromatic carbocycles. The average molecular weight is 361 g/mol. The zero-order valence-corrected chi connectivity index (χ0v) is 12.0. The van der Waals surface area contributed by atoms with Crippen LogP contribution in [0.15, 0.2) is 40.9 Å². The Labute approximate surface area is 126 Å². The van der Waals surface area contributed by atoms with Crippen LogP contribution in [0.1, 0.15) is 0 Å². The Bertz CT molecular complexity index is 686. The average Bonchev–Trinajstić information content (AvgIpc) is 2.84. The summed E-state index contributed by atoms with van der Waals surface area (Å²) in [4.78, 5) is 0. The van der Waals surface area contributed by atoms with Crippen molar-refractivity contribution in [3.05, 3.63) is 40.9 Å². The van der Waals surface area contributed by atoms with Gasteiger partial charge in [-0.3, -0.25) is 0 Å². The van der Waals surface area contributed by atoms with Crippen molar-refractivity contribution in [2.24, 2.45) is 0 Å². The smallest absolute Gasteiger partial charge is 0.454 e. The second kappa shape index (κ2) is 5.14. The van der Waals surface area contributed by atoms with Crippen LogP contribution in [0.5, 0.6) is 17.2 Å². The van der Waals surface area contributed by atoms with Crippen LogP contribution in [0.25, 0.3) is 11.1 Å². The van der Waals surface area contributed by atoms with E-state index in [1.54, 1.807) is 24.3 Å². The lowest BCUT2D eigenvalue weighted by Crippen LogP contribution is -2.17. The Balaban J connectivity index is 2.09. The van der Waals surface area contributed by atoms with E-state index in [2.05, 4.69) is 20.7 Å². The van der Waals surface area contributed by atoms with Gasteiger partial charge in [-0.2, -0.15) is 0 Å². The second-order valence-electron chi connectivity index (χ2n) is 4.23. The van der Waals surface area contributed by atoms with Crippen molar-refractivity contribution in [1.29, 1.82) is 0 Å². The summed E-state index contributed by atoms with van der Waals surface area (Å²) in [5, 5.41) is 0. The molecular weight excluding hydrogens is 353 g/mol. The predicted molar refractivity (Wildman–Crippen MR) is 72.4 cm³/mol. The van der Waals surface area contributed by atoms with E-state index in [0.29, 0.717) is 27.1 Å². The highest BCUT2D eigenvalue weighted by atomic mass is 79.9. The van der Waals surface area contributed by atoms with E-state index in [9.17, 15) is 13.2 Å². The maximum absolute atomic E-state index is 12.5. The van der Waals surface area contributed by atoms with E-state index in [4.69, 9.17) is 9.47 Å². The summed E-state index contributed by atoms with van der Waals surface area (Å²) in [6, 6.07) is 9.19. The van der Waals surface area contributed by atoms with Crippen molar-refractivity contribution in [1.82, 2.24) is 0 Å². The van der Waals surface area contributed by atoms with Crippen LogP contribution in [0, 0.1) is 0 Å². The number of fused-ring (bicyclic) bond motifs is 1. The Morgan fingerprint density at radius 3 is 2.38 bits per heavy atom. The lowest BCUT2D eigenvalue weighted by atomic mass is 10.0. The number of rotatable bonds is 2. The first-order chi connectivity index (χ1) is 9.94. The molecule has 0 unspecified atom stereocenters. The lowest BCUT2D eigenvalue weighted by molar-refractivity contribution is -0.274. The zero-order chi connectivity index (χ0) is 15.0. The highest BCUT2D eigenvalue weighted by Gasteiger charge is 2.32. The number of benzene rings is 2. The maximum atomic E-state index is 12.5. The summed E-state index contributed by atoms with van der Waals surface area (Å²) < 4.78 is 52.6. The van der Waals surface area contributed by atoms with Crippen LogP contribution < -0.4 is 14.2 Å². The molecular formula is C14H8BrF3O3. The van der Waals surface area contributed by atoms with Gasteiger partial charge in [0.1, 0.15) is 5.75 Å². The Hall–Kier alpha value is -1.89. The summed E-state index contributed by atoms with van der Waals surface area (Å²) in [5.74, 6) is 0.749.